The molecule has 1 saturated heterocycles. The minimum atomic E-state index is -0.869. The summed E-state index contributed by atoms with van der Waals surface area (Å²) >= 11 is 0. The Hall–Kier alpha value is -3.57. The van der Waals surface area contributed by atoms with Crippen LogP contribution in [-0.2, 0) is 0 Å². The van der Waals surface area contributed by atoms with Gasteiger partial charge in [-0.25, -0.2) is 4.79 Å². The maximum absolute atomic E-state index is 11.1. The average Bonchev–Trinajstić information content (AvgIpc) is 2.77. The predicted octanol–water partition coefficient (Wildman–Crippen LogP) is 5.20. The van der Waals surface area contributed by atoms with E-state index < -0.39 is 6.09 Å². The number of aromatic hydroxyl groups is 1. The number of hydrogen-bond acceptors (Lipinski definition) is 3. The molecule has 164 valence electrons. The molecule has 0 saturated carbocycles. The van der Waals surface area contributed by atoms with Gasteiger partial charge in [0.05, 0.1) is 0 Å². The molecule has 1 aliphatic heterocycles. The number of nitrogens with zero attached hydrogens (tertiary/aromatic N) is 1. The lowest BCUT2D eigenvalue weighted by atomic mass is 9.85. The topological polar surface area (TPSA) is 81.0 Å². The van der Waals surface area contributed by atoms with E-state index in [1.54, 1.807) is 12.1 Å². The molecule has 0 bridgehead atoms. The van der Waals surface area contributed by atoms with Crippen molar-refractivity contribution in [1.29, 1.82) is 0 Å². The summed E-state index contributed by atoms with van der Waals surface area (Å²) in [4.78, 5) is 12.5. The number of phenols is 1. The van der Waals surface area contributed by atoms with E-state index in [2.05, 4.69) is 36.4 Å². The Kier molecular flexibility index (Phi) is 6.57. The lowest BCUT2D eigenvalue weighted by molar-refractivity contribution is 0.105. The van der Waals surface area contributed by atoms with E-state index in [0.29, 0.717) is 25.9 Å². The Morgan fingerprint density at radius 1 is 0.844 bits per heavy atom. The van der Waals surface area contributed by atoms with Crippen LogP contribution in [0.4, 0.5) is 4.79 Å². The summed E-state index contributed by atoms with van der Waals surface area (Å²) < 4.78 is 0. The number of benzene rings is 3. The fourth-order valence-corrected chi connectivity index (χ4v) is 4.22. The molecule has 3 N–H and O–H groups in total. The molecule has 3 aromatic carbocycles. The van der Waals surface area contributed by atoms with Gasteiger partial charge in [-0.15, -0.1) is 0 Å². The maximum Gasteiger partial charge on any atom is 0.407 e. The van der Waals surface area contributed by atoms with E-state index >= 15 is 0 Å². The molecule has 0 aromatic heterocycles. The molecule has 0 radical (unpaired) electrons. The summed E-state index contributed by atoms with van der Waals surface area (Å²) in [5.41, 5.74) is 6.48. The standard InChI is InChI=1S/C27H27NO4/c29-16-4-7-25(20-5-2-1-3-6-20)26(22-12-14-24(30)15-13-22)21-10-8-19(9-11-21)23-17-28(18-23)27(31)32/h1-3,5-6,8-15,23,29-30H,4,7,16-18H2,(H,31,32)/b26-25+. The summed E-state index contributed by atoms with van der Waals surface area (Å²) in [6, 6.07) is 25.7. The number of allylic oxidation sites excluding steroid dienone is 1. The molecule has 5 nitrogen and oxygen atoms in total. The number of likely N-dealkylation sites (tertiary alicyclic amines) is 1. The number of carboxylic acid groups (broad SMARTS) is 1. The van der Waals surface area contributed by atoms with E-state index in [4.69, 9.17) is 5.11 Å². The SMILES string of the molecule is O=C(O)N1CC(c2ccc(/C(=C(/CCCO)c3ccccc3)c3ccc(O)cc3)cc2)C1. The predicted molar refractivity (Wildman–Crippen MR) is 126 cm³/mol. The smallest absolute Gasteiger partial charge is 0.407 e. The number of amides is 1. The van der Waals surface area contributed by atoms with Crippen LogP contribution in [0.15, 0.2) is 78.9 Å². The zero-order chi connectivity index (χ0) is 22.5. The molecule has 0 spiro atoms. The maximum atomic E-state index is 11.1. The summed E-state index contributed by atoms with van der Waals surface area (Å²) in [5.74, 6) is 0.442. The van der Waals surface area contributed by atoms with Crippen LogP contribution in [-0.4, -0.2) is 46.0 Å². The van der Waals surface area contributed by atoms with Crippen molar-refractivity contribution in [2.45, 2.75) is 18.8 Å². The Balaban J connectivity index is 1.76. The number of aliphatic hydroxyl groups excluding tert-OH is 1. The molecule has 0 unspecified atom stereocenters. The molecule has 4 rings (SSSR count). The van der Waals surface area contributed by atoms with Crippen molar-refractivity contribution in [1.82, 2.24) is 4.90 Å². The van der Waals surface area contributed by atoms with Crippen LogP contribution in [0.5, 0.6) is 5.75 Å². The van der Waals surface area contributed by atoms with Crippen molar-refractivity contribution in [2.24, 2.45) is 0 Å². The molecule has 0 aliphatic carbocycles. The van der Waals surface area contributed by atoms with Crippen LogP contribution < -0.4 is 0 Å². The van der Waals surface area contributed by atoms with Crippen LogP contribution in [0.1, 0.15) is 41.0 Å². The molecule has 5 heteroatoms. The largest absolute Gasteiger partial charge is 0.508 e. The van der Waals surface area contributed by atoms with Gasteiger partial charge in [-0.05, 0) is 58.4 Å². The normalized spacial score (nSPS) is 14.6. The fourth-order valence-electron chi connectivity index (χ4n) is 4.22. The van der Waals surface area contributed by atoms with E-state index in [0.717, 1.165) is 33.4 Å². The monoisotopic (exact) mass is 429 g/mol. The summed E-state index contributed by atoms with van der Waals surface area (Å²) in [6.07, 6.45) is 0.498. The van der Waals surface area contributed by atoms with E-state index in [1.165, 1.54) is 4.90 Å². The van der Waals surface area contributed by atoms with E-state index in [9.17, 15) is 15.0 Å². The van der Waals surface area contributed by atoms with Gasteiger partial charge in [-0.2, -0.15) is 0 Å². The molecule has 3 aromatic rings. The lowest BCUT2D eigenvalue weighted by Crippen LogP contribution is -2.47. The van der Waals surface area contributed by atoms with E-state index in [-0.39, 0.29) is 18.3 Å². The second-order valence-electron chi connectivity index (χ2n) is 8.10. The van der Waals surface area contributed by atoms with Gasteiger partial charge < -0.3 is 20.2 Å². The quantitative estimate of drug-likeness (QED) is 0.451. The third-order valence-corrected chi connectivity index (χ3v) is 5.99. The van der Waals surface area contributed by atoms with Gasteiger partial charge >= 0.3 is 6.09 Å². The minimum absolute atomic E-state index is 0.111. The highest BCUT2D eigenvalue weighted by Gasteiger charge is 2.31. The first-order valence-electron chi connectivity index (χ1n) is 10.8. The fraction of sp³-hybridized carbons (Fsp3) is 0.222. The Morgan fingerprint density at radius 3 is 2.00 bits per heavy atom. The van der Waals surface area contributed by atoms with Crippen molar-refractivity contribution >= 4 is 17.2 Å². The van der Waals surface area contributed by atoms with Crippen molar-refractivity contribution in [3.63, 3.8) is 0 Å². The summed E-state index contributed by atoms with van der Waals surface area (Å²) in [6.45, 7) is 1.17. The molecule has 32 heavy (non-hydrogen) atoms. The number of phenolic OH excluding ortho intramolecular Hbond substituents is 1. The Bertz CT molecular complexity index is 1080. The van der Waals surface area contributed by atoms with E-state index in [1.807, 2.05) is 30.3 Å². The third-order valence-electron chi connectivity index (χ3n) is 5.99. The molecular weight excluding hydrogens is 402 g/mol. The van der Waals surface area contributed by atoms with Crippen LogP contribution in [0.3, 0.4) is 0 Å². The highest BCUT2D eigenvalue weighted by atomic mass is 16.4. The van der Waals surface area contributed by atoms with Gasteiger partial charge in [-0.3, -0.25) is 0 Å². The van der Waals surface area contributed by atoms with Crippen molar-refractivity contribution in [3.8, 4) is 5.75 Å². The van der Waals surface area contributed by atoms with Gasteiger partial charge in [0.1, 0.15) is 5.75 Å². The number of rotatable bonds is 7. The first kappa shape index (κ1) is 21.7. The molecule has 1 amide bonds. The lowest BCUT2D eigenvalue weighted by Gasteiger charge is -2.37. The van der Waals surface area contributed by atoms with Crippen LogP contribution >= 0.6 is 0 Å². The molecular formula is C27H27NO4. The second kappa shape index (κ2) is 9.71. The molecule has 1 aliphatic rings. The van der Waals surface area contributed by atoms with Crippen LogP contribution in [0.2, 0.25) is 0 Å². The molecule has 1 fully saturated rings. The minimum Gasteiger partial charge on any atom is -0.508 e. The highest BCUT2D eigenvalue weighted by Crippen LogP contribution is 2.37. The molecule has 1 heterocycles. The Labute approximate surface area is 187 Å². The Morgan fingerprint density at radius 2 is 1.44 bits per heavy atom. The zero-order valence-electron chi connectivity index (χ0n) is 17.8. The average molecular weight is 430 g/mol. The summed E-state index contributed by atoms with van der Waals surface area (Å²) in [5, 5.41) is 28.4. The molecule has 0 atom stereocenters. The first-order valence-corrected chi connectivity index (χ1v) is 10.8. The third kappa shape index (κ3) is 4.68. The van der Waals surface area contributed by atoms with Gasteiger partial charge in [0.2, 0.25) is 0 Å². The van der Waals surface area contributed by atoms with Gasteiger partial charge in [0.25, 0.3) is 0 Å². The number of carbonyl (C=O) groups is 1. The van der Waals surface area contributed by atoms with Crippen molar-refractivity contribution < 1.29 is 20.1 Å². The zero-order valence-corrected chi connectivity index (χ0v) is 17.8. The van der Waals surface area contributed by atoms with Gasteiger partial charge in [0.15, 0.2) is 0 Å². The highest BCUT2D eigenvalue weighted by molar-refractivity contribution is 5.98. The van der Waals surface area contributed by atoms with Crippen molar-refractivity contribution in [2.75, 3.05) is 19.7 Å². The number of aliphatic hydroxyl groups is 1. The van der Waals surface area contributed by atoms with Gasteiger partial charge in [-0.1, -0.05) is 66.7 Å². The summed E-state index contributed by atoms with van der Waals surface area (Å²) in [7, 11) is 0. The van der Waals surface area contributed by atoms with Crippen LogP contribution in [0, 0.1) is 0 Å². The van der Waals surface area contributed by atoms with Crippen LogP contribution in [0.25, 0.3) is 11.1 Å². The van der Waals surface area contributed by atoms with Gasteiger partial charge in [0, 0.05) is 25.6 Å². The van der Waals surface area contributed by atoms with Crippen molar-refractivity contribution in [3.05, 3.63) is 101 Å². The first-order chi connectivity index (χ1) is 15.6. The second-order valence-corrected chi connectivity index (χ2v) is 8.10. The number of hydrogen-bond donors (Lipinski definition) is 3.